The van der Waals surface area contributed by atoms with Crippen molar-refractivity contribution in [2.75, 3.05) is 0 Å². The van der Waals surface area contributed by atoms with Crippen LogP contribution in [-0.4, -0.2) is 16.3 Å². The molecule has 0 spiro atoms. The molecule has 92 valence electrons. The maximum absolute atomic E-state index is 10.7. The zero-order valence-electron chi connectivity index (χ0n) is 10.5. The topological polar surface area (TPSA) is 42.9 Å². The molecule has 0 atom stereocenters. The number of benzene rings is 2. The quantitative estimate of drug-likeness (QED) is 0.653. The summed E-state index contributed by atoms with van der Waals surface area (Å²) in [6.45, 7) is 2.08. The summed E-state index contributed by atoms with van der Waals surface area (Å²) in [7, 11) is 0. The Balaban J connectivity index is 2.14. The summed E-state index contributed by atoms with van der Waals surface area (Å²) >= 11 is 0. The number of carbonyl (C=O) groups is 1. The van der Waals surface area contributed by atoms with E-state index in [9.17, 15) is 4.79 Å². The number of hydrogen-bond donors (Lipinski definition) is 0. The second-order valence-corrected chi connectivity index (χ2v) is 4.51. The Bertz CT molecular complexity index is 766. The molecule has 0 bridgehead atoms. The Labute approximate surface area is 111 Å². The Morgan fingerprint density at radius 1 is 0.947 bits per heavy atom. The third-order valence-electron chi connectivity index (χ3n) is 3.10. The van der Waals surface area contributed by atoms with Crippen LogP contribution in [0.5, 0.6) is 0 Å². The van der Waals surface area contributed by atoms with Gasteiger partial charge in [0.15, 0.2) is 6.29 Å². The van der Waals surface area contributed by atoms with Gasteiger partial charge in [0.2, 0.25) is 0 Å². The zero-order chi connectivity index (χ0) is 13.2. The van der Waals surface area contributed by atoms with Gasteiger partial charge in [0.05, 0.1) is 5.69 Å². The maximum atomic E-state index is 10.7. The van der Waals surface area contributed by atoms with Crippen molar-refractivity contribution in [1.29, 1.82) is 0 Å². The minimum absolute atomic E-state index is 0.397. The fourth-order valence-electron chi connectivity index (χ4n) is 2.12. The van der Waals surface area contributed by atoms with Crippen LogP contribution in [0.1, 0.15) is 16.1 Å². The highest BCUT2D eigenvalue weighted by Gasteiger charge is 2.03. The molecule has 0 unspecified atom stereocenters. The monoisotopic (exact) mass is 248 g/mol. The number of nitrogens with zero attached hydrogens (tertiary/aromatic N) is 2. The van der Waals surface area contributed by atoms with Gasteiger partial charge in [-0.2, -0.15) is 0 Å². The highest BCUT2D eigenvalue weighted by molar-refractivity contribution is 5.87. The number of aromatic nitrogens is 2. The van der Waals surface area contributed by atoms with E-state index in [1.54, 1.807) is 6.07 Å². The van der Waals surface area contributed by atoms with Crippen LogP contribution in [0.25, 0.3) is 22.0 Å². The Morgan fingerprint density at radius 2 is 1.74 bits per heavy atom. The summed E-state index contributed by atoms with van der Waals surface area (Å²) in [6.07, 6.45) is 2.15. The molecule has 0 amide bonds. The van der Waals surface area contributed by atoms with Crippen LogP contribution in [0, 0.1) is 6.92 Å². The number of aldehydes is 1. The fraction of sp³-hybridized carbons (Fsp3) is 0.0625. The molecule has 0 aliphatic heterocycles. The van der Waals surface area contributed by atoms with Crippen molar-refractivity contribution in [2.24, 2.45) is 0 Å². The van der Waals surface area contributed by atoms with Crippen LogP contribution in [0.3, 0.4) is 0 Å². The number of rotatable bonds is 2. The number of aryl methyl sites for hydroxylation is 1. The van der Waals surface area contributed by atoms with E-state index in [1.807, 2.05) is 6.07 Å². The van der Waals surface area contributed by atoms with Crippen molar-refractivity contribution >= 4 is 17.1 Å². The lowest BCUT2D eigenvalue weighted by molar-refractivity contribution is 0.111. The first-order valence-corrected chi connectivity index (χ1v) is 6.04. The molecule has 2 aromatic carbocycles. The number of carbonyl (C=O) groups excluding carboxylic acids is 1. The van der Waals surface area contributed by atoms with E-state index in [0.717, 1.165) is 22.9 Å². The van der Waals surface area contributed by atoms with Gasteiger partial charge in [-0.1, -0.05) is 35.9 Å². The van der Waals surface area contributed by atoms with Crippen molar-refractivity contribution in [3.05, 3.63) is 60.0 Å². The first-order valence-electron chi connectivity index (χ1n) is 6.04. The SMILES string of the molecule is Cc1ccc2cc(-c3cc(C=O)ncn3)ccc2c1. The van der Waals surface area contributed by atoms with Crippen LogP contribution in [0.2, 0.25) is 0 Å². The van der Waals surface area contributed by atoms with Gasteiger partial charge < -0.3 is 0 Å². The van der Waals surface area contributed by atoms with Crippen molar-refractivity contribution in [3.63, 3.8) is 0 Å². The second kappa shape index (κ2) is 4.61. The van der Waals surface area contributed by atoms with Crippen LogP contribution in [0.15, 0.2) is 48.8 Å². The van der Waals surface area contributed by atoms with Crippen LogP contribution >= 0.6 is 0 Å². The third-order valence-corrected chi connectivity index (χ3v) is 3.10. The number of fused-ring (bicyclic) bond motifs is 1. The Morgan fingerprint density at radius 3 is 2.58 bits per heavy atom. The van der Waals surface area contributed by atoms with Crippen LogP contribution < -0.4 is 0 Å². The van der Waals surface area contributed by atoms with E-state index >= 15 is 0 Å². The van der Waals surface area contributed by atoms with E-state index < -0.39 is 0 Å². The van der Waals surface area contributed by atoms with Gasteiger partial charge >= 0.3 is 0 Å². The van der Waals surface area contributed by atoms with E-state index in [2.05, 4.69) is 47.2 Å². The molecule has 0 aliphatic rings. The molecule has 0 radical (unpaired) electrons. The summed E-state index contributed by atoms with van der Waals surface area (Å²) in [5.41, 5.74) is 3.39. The molecule has 0 fully saturated rings. The highest BCUT2D eigenvalue weighted by atomic mass is 16.1. The zero-order valence-corrected chi connectivity index (χ0v) is 10.5. The molecule has 3 heteroatoms. The molecule has 0 saturated heterocycles. The average Bonchev–Trinajstić information content (AvgIpc) is 2.46. The van der Waals surface area contributed by atoms with Crippen LogP contribution in [-0.2, 0) is 0 Å². The van der Waals surface area contributed by atoms with E-state index in [1.165, 1.54) is 17.3 Å². The lowest BCUT2D eigenvalue weighted by atomic mass is 10.0. The minimum atomic E-state index is 0.397. The van der Waals surface area contributed by atoms with Crippen LogP contribution in [0.4, 0.5) is 0 Å². The van der Waals surface area contributed by atoms with Gasteiger partial charge in [0.25, 0.3) is 0 Å². The summed E-state index contributed by atoms with van der Waals surface area (Å²) in [6, 6.07) is 14.2. The third kappa shape index (κ3) is 2.22. The van der Waals surface area contributed by atoms with Gasteiger partial charge in [-0.25, -0.2) is 9.97 Å². The minimum Gasteiger partial charge on any atom is -0.296 e. The fourth-order valence-corrected chi connectivity index (χ4v) is 2.12. The van der Waals surface area contributed by atoms with Gasteiger partial charge in [0, 0.05) is 5.56 Å². The van der Waals surface area contributed by atoms with Gasteiger partial charge in [0.1, 0.15) is 12.0 Å². The molecule has 1 heterocycles. The van der Waals surface area contributed by atoms with Crippen molar-refractivity contribution < 1.29 is 4.79 Å². The molecule has 1 aromatic heterocycles. The first-order chi connectivity index (χ1) is 9.26. The summed E-state index contributed by atoms with van der Waals surface area (Å²) < 4.78 is 0. The smallest absolute Gasteiger partial charge is 0.168 e. The molecule has 3 aromatic rings. The molecule has 0 N–H and O–H groups in total. The normalized spacial score (nSPS) is 10.6. The van der Waals surface area contributed by atoms with Crippen molar-refractivity contribution in [2.45, 2.75) is 6.92 Å². The van der Waals surface area contributed by atoms with E-state index in [4.69, 9.17) is 0 Å². The summed E-state index contributed by atoms with van der Waals surface area (Å²) in [5.74, 6) is 0. The molecule has 19 heavy (non-hydrogen) atoms. The molecule has 3 nitrogen and oxygen atoms in total. The van der Waals surface area contributed by atoms with Gasteiger partial charge in [-0.3, -0.25) is 4.79 Å². The summed E-state index contributed by atoms with van der Waals surface area (Å²) in [4.78, 5) is 18.8. The lowest BCUT2D eigenvalue weighted by Crippen LogP contribution is -1.91. The molecule has 0 aliphatic carbocycles. The van der Waals surface area contributed by atoms with E-state index in [0.29, 0.717) is 5.69 Å². The largest absolute Gasteiger partial charge is 0.296 e. The standard InChI is InChI=1S/C16H12N2O/c1-11-2-3-13-7-14(5-4-12(13)6-11)16-8-15(9-19)17-10-18-16/h2-10H,1H3. The summed E-state index contributed by atoms with van der Waals surface area (Å²) in [5, 5.41) is 2.36. The Kier molecular flexibility index (Phi) is 2.80. The molecular weight excluding hydrogens is 236 g/mol. The highest BCUT2D eigenvalue weighted by Crippen LogP contribution is 2.23. The molecular formula is C16H12N2O. The molecule has 3 rings (SSSR count). The Hall–Kier alpha value is -2.55. The van der Waals surface area contributed by atoms with Gasteiger partial charge in [-0.15, -0.1) is 0 Å². The van der Waals surface area contributed by atoms with Gasteiger partial charge in [-0.05, 0) is 29.8 Å². The van der Waals surface area contributed by atoms with Crippen molar-refractivity contribution in [1.82, 2.24) is 9.97 Å². The van der Waals surface area contributed by atoms with Crippen molar-refractivity contribution in [3.8, 4) is 11.3 Å². The maximum Gasteiger partial charge on any atom is 0.168 e. The van der Waals surface area contributed by atoms with E-state index in [-0.39, 0.29) is 0 Å². The average molecular weight is 248 g/mol. The lowest BCUT2D eigenvalue weighted by Gasteiger charge is -2.04. The molecule has 0 saturated carbocycles. The predicted octanol–water partition coefficient (Wildman–Crippen LogP) is 3.42. The first kappa shape index (κ1) is 11.5. The second-order valence-electron chi connectivity index (χ2n) is 4.51. The number of hydrogen-bond acceptors (Lipinski definition) is 3. The predicted molar refractivity (Wildman–Crippen MR) is 75.1 cm³/mol.